The van der Waals surface area contributed by atoms with Crippen LogP contribution in [0.3, 0.4) is 0 Å². The number of halogens is 2. The van der Waals surface area contributed by atoms with Gasteiger partial charge in [0.25, 0.3) is 0 Å². The minimum Gasteiger partial charge on any atom is -0.491 e. The Balaban J connectivity index is 1.61. The molecule has 2 aliphatic rings. The van der Waals surface area contributed by atoms with Crippen LogP contribution in [0.5, 0.6) is 5.75 Å². The monoisotopic (exact) mass is 340 g/mol. The Morgan fingerprint density at radius 2 is 1.88 bits per heavy atom. The Bertz CT molecular complexity index is 548. The third-order valence-electron chi connectivity index (χ3n) is 5.19. The summed E-state index contributed by atoms with van der Waals surface area (Å²) in [6, 6.07) is 3.14. The van der Waals surface area contributed by atoms with E-state index < -0.39 is 11.6 Å². The second-order valence-electron chi connectivity index (χ2n) is 6.84. The van der Waals surface area contributed by atoms with Gasteiger partial charge in [-0.25, -0.2) is 4.39 Å². The van der Waals surface area contributed by atoms with E-state index in [9.17, 15) is 8.78 Å². The van der Waals surface area contributed by atoms with Crippen molar-refractivity contribution in [2.24, 2.45) is 5.92 Å². The van der Waals surface area contributed by atoms with Crippen LogP contribution in [0.1, 0.15) is 51.0 Å². The third-order valence-corrected chi connectivity index (χ3v) is 5.19. The zero-order valence-electron chi connectivity index (χ0n) is 14.4. The maximum Gasteiger partial charge on any atom is 0.200 e. The van der Waals surface area contributed by atoms with Crippen molar-refractivity contribution in [3.63, 3.8) is 0 Å². The molecule has 4 atom stereocenters. The molecule has 5 heteroatoms. The van der Waals surface area contributed by atoms with Crippen LogP contribution in [0, 0.1) is 17.6 Å². The second-order valence-corrected chi connectivity index (χ2v) is 6.84. The molecule has 1 aromatic carbocycles. The van der Waals surface area contributed by atoms with E-state index in [0.29, 0.717) is 30.8 Å². The maximum atomic E-state index is 14.3. The van der Waals surface area contributed by atoms with E-state index in [4.69, 9.17) is 14.2 Å². The SMILES string of the molecule is CCOc1ccc(C2CCC(C3CCC(C)OC3)OC2)c(F)c1F. The number of hydrogen-bond donors (Lipinski definition) is 0. The van der Waals surface area contributed by atoms with Gasteiger partial charge >= 0.3 is 0 Å². The molecule has 2 aliphatic heterocycles. The van der Waals surface area contributed by atoms with Crippen LogP contribution in [-0.2, 0) is 9.47 Å². The van der Waals surface area contributed by atoms with Gasteiger partial charge in [0.15, 0.2) is 11.6 Å². The highest BCUT2D eigenvalue weighted by Gasteiger charge is 2.33. The highest BCUT2D eigenvalue weighted by atomic mass is 19.2. The van der Waals surface area contributed by atoms with E-state index >= 15 is 0 Å². The normalized spacial score (nSPS) is 31.0. The van der Waals surface area contributed by atoms with Crippen molar-refractivity contribution in [3.8, 4) is 5.75 Å². The van der Waals surface area contributed by atoms with Gasteiger partial charge in [0.05, 0.1) is 32.0 Å². The fourth-order valence-electron chi connectivity index (χ4n) is 3.71. The van der Waals surface area contributed by atoms with Gasteiger partial charge in [0, 0.05) is 11.8 Å². The first-order valence-electron chi connectivity index (χ1n) is 8.94. The van der Waals surface area contributed by atoms with Crippen LogP contribution >= 0.6 is 0 Å². The van der Waals surface area contributed by atoms with Gasteiger partial charge in [-0.15, -0.1) is 0 Å². The van der Waals surface area contributed by atoms with E-state index in [2.05, 4.69) is 6.92 Å². The lowest BCUT2D eigenvalue weighted by Gasteiger charge is -2.37. The Hall–Kier alpha value is -1.20. The van der Waals surface area contributed by atoms with Crippen LogP contribution in [0.4, 0.5) is 8.78 Å². The van der Waals surface area contributed by atoms with Crippen molar-refractivity contribution in [1.29, 1.82) is 0 Å². The number of benzene rings is 1. The predicted molar refractivity (Wildman–Crippen MR) is 87.4 cm³/mol. The summed E-state index contributed by atoms with van der Waals surface area (Å²) in [5, 5.41) is 0. The van der Waals surface area contributed by atoms with E-state index in [-0.39, 0.29) is 17.8 Å². The van der Waals surface area contributed by atoms with Gasteiger partial charge < -0.3 is 14.2 Å². The molecule has 0 aliphatic carbocycles. The molecular weight excluding hydrogens is 314 g/mol. The quantitative estimate of drug-likeness (QED) is 0.811. The van der Waals surface area contributed by atoms with Crippen LogP contribution in [0.25, 0.3) is 0 Å². The van der Waals surface area contributed by atoms with E-state index in [1.807, 2.05) is 0 Å². The minimum absolute atomic E-state index is 0.0261. The van der Waals surface area contributed by atoms with E-state index in [0.717, 1.165) is 32.3 Å². The first-order valence-corrected chi connectivity index (χ1v) is 8.94. The first-order chi connectivity index (χ1) is 11.6. The van der Waals surface area contributed by atoms with Crippen LogP contribution in [0.15, 0.2) is 12.1 Å². The number of ether oxygens (including phenoxy) is 3. The summed E-state index contributed by atoms with van der Waals surface area (Å²) in [7, 11) is 0. The third kappa shape index (κ3) is 3.72. The minimum atomic E-state index is -0.897. The van der Waals surface area contributed by atoms with Gasteiger partial charge in [-0.05, 0) is 51.2 Å². The molecule has 24 heavy (non-hydrogen) atoms. The van der Waals surface area contributed by atoms with E-state index in [1.165, 1.54) is 6.07 Å². The summed E-state index contributed by atoms with van der Waals surface area (Å²) in [4.78, 5) is 0. The summed E-state index contributed by atoms with van der Waals surface area (Å²) >= 11 is 0. The zero-order chi connectivity index (χ0) is 17.1. The fourth-order valence-corrected chi connectivity index (χ4v) is 3.71. The average Bonchev–Trinajstić information content (AvgIpc) is 2.60. The summed E-state index contributed by atoms with van der Waals surface area (Å²) in [6.45, 7) is 5.32. The molecule has 2 fully saturated rings. The molecule has 0 saturated carbocycles. The Morgan fingerprint density at radius 1 is 1.04 bits per heavy atom. The van der Waals surface area contributed by atoms with Crippen molar-refractivity contribution in [2.45, 2.75) is 57.7 Å². The van der Waals surface area contributed by atoms with Crippen molar-refractivity contribution >= 4 is 0 Å². The van der Waals surface area contributed by atoms with Crippen molar-refractivity contribution in [3.05, 3.63) is 29.3 Å². The zero-order valence-corrected chi connectivity index (χ0v) is 14.4. The highest BCUT2D eigenvalue weighted by Crippen LogP contribution is 2.36. The Kier molecular flexibility index (Phi) is 5.72. The van der Waals surface area contributed by atoms with Gasteiger partial charge in [-0.2, -0.15) is 4.39 Å². The molecule has 0 spiro atoms. The Morgan fingerprint density at radius 3 is 2.50 bits per heavy atom. The molecule has 3 rings (SSSR count). The topological polar surface area (TPSA) is 27.7 Å². The van der Waals surface area contributed by atoms with Crippen LogP contribution in [0.2, 0.25) is 0 Å². The van der Waals surface area contributed by atoms with Gasteiger partial charge in [-0.3, -0.25) is 0 Å². The summed E-state index contributed by atoms with van der Waals surface area (Å²) in [5.74, 6) is -1.41. The molecule has 0 radical (unpaired) electrons. The summed E-state index contributed by atoms with van der Waals surface area (Å²) < 4.78 is 45.2. The number of hydrogen-bond acceptors (Lipinski definition) is 3. The van der Waals surface area contributed by atoms with E-state index in [1.54, 1.807) is 13.0 Å². The number of rotatable bonds is 4. The first kappa shape index (κ1) is 17.6. The molecule has 0 N–H and O–H groups in total. The molecule has 0 bridgehead atoms. The average molecular weight is 340 g/mol. The smallest absolute Gasteiger partial charge is 0.200 e. The molecule has 2 saturated heterocycles. The van der Waals surface area contributed by atoms with Gasteiger partial charge in [0.1, 0.15) is 0 Å². The molecular formula is C19H26F2O3. The highest BCUT2D eigenvalue weighted by molar-refractivity contribution is 5.33. The fraction of sp³-hybridized carbons (Fsp3) is 0.684. The molecule has 0 aromatic heterocycles. The Labute approximate surface area is 142 Å². The van der Waals surface area contributed by atoms with Gasteiger partial charge in [0.2, 0.25) is 5.82 Å². The van der Waals surface area contributed by atoms with Crippen LogP contribution < -0.4 is 4.74 Å². The molecule has 2 heterocycles. The summed E-state index contributed by atoms with van der Waals surface area (Å²) in [6.07, 6.45) is 4.35. The van der Waals surface area contributed by atoms with Gasteiger partial charge in [-0.1, -0.05) is 6.07 Å². The van der Waals surface area contributed by atoms with Crippen molar-refractivity contribution in [1.82, 2.24) is 0 Å². The lowest BCUT2D eigenvalue weighted by atomic mass is 9.84. The van der Waals surface area contributed by atoms with Crippen molar-refractivity contribution < 1.29 is 23.0 Å². The van der Waals surface area contributed by atoms with Crippen LogP contribution in [-0.4, -0.2) is 32.0 Å². The molecule has 1 aromatic rings. The molecule has 134 valence electrons. The molecule has 3 nitrogen and oxygen atoms in total. The maximum absolute atomic E-state index is 14.3. The standard InChI is InChI=1S/C19H26F2O3/c1-3-22-17-9-7-15(18(20)19(17)21)13-6-8-16(24-10-13)14-5-4-12(2)23-11-14/h7,9,12-14,16H,3-6,8,10-11H2,1-2H3. The van der Waals surface area contributed by atoms with Crippen molar-refractivity contribution in [2.75, 3.05) is 19.8 Å². The lowest BCUT2D eigenvalue weighted by molar-refractivity contribution is -0.0912. The summed E-state index contributed by atoms with van der Waals surface area (Å²) in [5.41, 5.74) is 0.392. The largest absolute Gasteiger partial charge is 0.491 e. The predicted octanol–water partition coefficient (Wildman–Crippen LogP) is 4.44. The molecule has 4 unspecified atom stereocenters. The lowest BCUT2D eigenvalue weighted by Crippen LogP contribution is -2.37. The molecule has 0 amide bonds. The second kappa shape index (κ2) is 7.79.